The summed E-state index contributed by atoms with van der Waals surface area (Å²) in [5.74, 6) is -0.574. The summed E-state index contributed by atoms with van der Waals surface area (Å²) < 4.78 is 20.6. The minimum atomic E-state index is -0.630. The highest BCUT2D eigenvalue weighted by Crippen LogP contribution is 2.30. The zero-order valence-corrected chi connectivity index (χ0v) is 13.0. The van der Waals surface area contributed by atoms with Crippen LogP contribution < -0.4 is 0 Å². The summed E-state index contributed by atoms with van der Waals surface area (Å²) in [5.41, 5.74) is 1.31. The van der Waals surface area contributed by atoms with Gasteiger partial charge in [-0.3, -0.25) is 0 Å². The molecule has 0 radical (unpaired) electrons. The minimum Gasteiger partial charge on any atom is -0.465 e. The van der Waals surface area contributed by atoms with Gasteiger partial charge in [0.2, 0.25) is 0 Å². The maximum Gasteiger partial charge on any atom is 0.339 e. The molecule has 0 aliphatic heterocycles. The lowest BCUT2D eigenvalue weighted by Gasteiger charge is -2.13. The predicted molar refractivity (Wildman–Crippen MR) is 79.0 cm³/mol. The molecular formula is C16H18O6. The molecule has 0 N–H and O–H groups in total. The number of carbonyl (C=O) groups excluding carboxylic acids is 2. The first-order chi connectivity index (χ1) is 10.5. The van der Waals surface area contributed by atoms with Gasteiger partial charge in [0, 0.05) is 17.6 Å². The van der Waals surface area contributed by atoms with E-state index in [1.807, 2.05) is 6.92 Å². The van der Waals surface area contributed by atoms with E-state index in [0.29, 0.717) is 23.5 Å². The van der Waals surface area contributed by atoms with E-state index < -0.39 is 11.9 Å². The van der Waals surface area contributed by atoms with Crippen molar-refractivity contribution in [2.45, 2.75) is 20.5 Å². The van der Waals surface area contributed by atoms with E-state index >= 15 is 0 Å². The summed E-state index contributed by atoms with van der Waals surface area (Å²) >= 11 is 0. The van der Waals surface area contributed by atoms with Gasteiger partial charge >= 0.3 is 11.9 Å². The molecule has 0 saturated heterocycles. The van der Waals surface area contributed by atoms with E-state index in [2.05, 4.69) is 0 Å². The van der Waals surface area contributed by atoms with Gasteiger partial charge in [0.1, 0.15) is 11.3 Å². The Hall–Kier alpha value is -2.34. The maximum atomic E-state index is 12.2. The molecule has 118 valence electrons. The van der Waals surface area contributed by atoms with Crippen LogP contribution in [0.2, 0.25) is 0 Å². The second kappa shape index (κ2) is 6.62. The lowest BCUT2D eigenvalue weighted by atomic mass is 9.97. The van der Waals surface area contributed by atoms with Crippen molar-refractivity contribution < 1.29 is 28.2 Å². The van der Waals surface area contributed by atoms with Crippen LogP contribution in [0.4, 0.5) is 0 Å². The third-order valence-electron chi connectivity index (χ3n) is 3.30. The standard InChI is InChI=1S/C16H18O6/c1-5-21-8-12-10-6-9(2)22-13(10)7-11(15(17)19-3)14(12)16(18)20-4/h6-7H,5,8H2,1-4H3. The Morgan fingerprint density at radius 2 is 1.82 bits per heavy atom. The van der Waals surface area contributed by atoms with Crippen LogP contribution in [0.25, 0.3) is 11.0 Å². The number of methoxy groups -OCH3 is 2. The largest absolute Gasteiger partial charge is 0.465 e. The topological polar surface area (TPSA) is 75.0 Å². The molecule has 22 heavy (non-hydrogen) atoms. The predicted octanol–water partition coefficient (Wildman–Crippen LogP) is 2.85. The molecule has 0 amide bonds. The molecule has 0 bridgehead atoms. The van der Waals surface area contributed by atoms with Crippen LogP contribution in [0, 0.1) is 6.92 Å². The fourth-order valence-electron chi connectivity index (χ4n) is 2.34. The second-order valence-corrected chi connectivity index (χ2v) is 4.67. The van der Waals surface area contributed by atoms with E-state index in [1.54, 1.807) is 13.0 Å². The molecule has 1 aromatic carbocycles. The van der Waals surface area contributed by atoms with Gasteiger partial charge in [-0.25, -0.2) is 9.59 Å². The van der Waals surface area contributed by atoms with Crippen molar-refractivity contribution >= 4 is 22.9 Å². The molecule has 0 saturated carbocycles. The van der Waals surface area contributed by atoms with E-state index in [-0.39, 0.29) is 17.7 Å². The van der Waals surface area contributed by atoms with Crippen molar-refractivity contribution in [3.05, 3.63) is 34.6 Å². The zero-order chi connectivity index (χ0) is 16.3. The zero-order valence-electron chi connectivity index (χ0n) is 13.0. The molecule has 6 nitrogen and oxygen atoms in total. The van der Waals surface area contributed by atoms with E-state index in [1.165, 1.54) is 20.3 Å². The van der Waals surface area contributed by atoms with Crippen molar-refractivity contribution in [2.24, 2.45) is 0 Å². The van der Waals surface area contributed by atoms with Crippen molar-refractivity contribution in [3.63, 3.8) is 0 Å². The van der Waals surface area contributed by atoms with Gasteiger partial charge in [0.25, 0.3) is 0 Å². The summed E-state index contributed by atoms with van der Waals surface area (Å²) in [6.07, 6.45) is 0. The number of carbonyl (C=O) groups is 2. The molecule has 6 heteroatoms. The molecule has 0 fully saturated rings. The van der Waals surface area contributed by atoms with Crippen molar-refractivity contribution in [1.82, 2.24) is 0 Å². The smallest absolute Gasteiger partial charge is 0.339 e. The lowest BCUT2D eigenvalue weighted by Crippen LogP contribution is -2.15. The molecule has 2 aromatic rings. The Kier molecular flexibility index (Phi) is 4.82. The summed E-state index contributed by atoms with van der Waals surface area (Å²) in [4.78, 5) is 24.2. The quantitative estimate of drug-likeness (QED) is 0.791. The number of hydrogen-bond donors (Lipinski definition) is 0. The number of rotatable bonds is 5. The molecule has 0 unspecified atom stereocenters. The van der Waals surface area contributed by atoms with Crippen molar-refractivity contribution in [2.75, 3.05) is 20.8 Å². The van der Waals surface area contributed by atoms with Crippen LogP contribution >= 0.6 is 0 Å². The van der Waals surface area contributed by atoms with Gasteiger partial charge < -0.3 is 18.6 Å². The highest BCUT2D eigenvalue weighted by Gasteiger charge is 2.26. The fourth-order valence-corrected chi connectivity index (χ4v) is 2.34. The summed E-state index contributed by atoms with van der Waals surface area (Å²) in [5, 5.41) is 0.721. The third-order valence-corrected chi connectivity index (χ3v) is 3.30. The third kappa shape index (κ3) is 2.82. The van der Waals surface area contributed by atoms with Gasteiger partial charge in [0.15, 0.2) is 0 Å². The molecule has 1 heterocycles. The number of benzene rings is 1. The first-order valence-electron chi connectivity index (χ1n) is 6.83. The molecule has 1 aromatic heterocycles. The van der Waals surface area contributed by atoms with Crippen LogP contribution in [0.1, 0.15) is 39.0 Å². The normalized spacial score (nSPS) is 10.7. The van der Waals surface area contributed by atoms with Crippen LogP contribution in [0.3, 0.4) is 0 Å². The van der Waals surface area contributed by atoms with Crippen molar-refractivity contribution in [3.8, 4) is 0 Å². The highest BCUT2D eigenvalue weighted by molar-refractivity contribution is 6.08. The summed E-state index contributed by atoms with van der Waals surface area (Å²) in [6.45, 7) is 4.28. The average molecular weight is 306 g/mol. The van der Waals surface area contributed by atoms with Crippen LogP contribution in [-0.4, -0.2) is 32.8 Å². The molecule has 0 spiro atoms. The Morgan fingerprint density at radius 1 is 1.14 bits per heavy atom. The second-order valence-electron chi connectivity index (χ2n) is 4.67. The Morgan fingerprint density at radius 3 is 2.41 bits per heavy atom. The Bertz CT molecular complexity index is 713. The van der Waals surface area contributed by atoms with E-state index in [0.717, 1.165) is 5.39 Å². The average Bonchev–Trinajstić information content (AvgIpc) is 2.90. The molecule has 0 aliphatic rings. The fraction of sp³-hybridized carbons (Fsp3) is 0.375. The van der Waals surface area contributed by atoms with Crippen LogP contribution in [-0.2, 0) is 20.8 Å². The monoisotopic (exact) mass is 306 g/mol. The summed E-state index contributed by atoms with van der Waals surface area (Å²) in [7, 11) is 2.52. The van der Waals surface area contributed by atoms with Gasteiger partial charge in [-0.2, -0.15) is 0 Å². The maximum absolute atomic E-state index is 12.2. The minimum absolute atomic E-state index is 0.103. The SMILES string of the molecule is CCOCc1c(C(=O)OC)c(C(=O)OC)cc2oc(C)cc12. The number of hydrogen-bond acceptors (Lipinski definition) is 6. The number of aryl methyl sites for hydroxylation is 1. The van der Waals surface area contributed by atoms with Gasteiger partial charge in [-0.1, -0.05) is 0 Å². The molecule has 0 aliphatic carbocycles. The van der Waals surface area contributed by atoms with E-state index in [4.69, 9.17) is 18.6 Å². The lowest BCUT2D eigenvalue weighted by molar-refractivity contribution is 0.0550. The highest BCUT2D eigenvalue weighted by atomic mass is 16.5. The number of furan rings is 1. The number of ether oxygens (including phenoxy) is 3. The summed E-state index contributed by atoms with van der Waals surface area (Å²) in [6, 6.07) is 3.30. The molecule has 2 rings (SSSR count). The molecule has 0 atom stereocenters. The van der Waals surface area contributed by atoms with Gasteiger partial charge in [-0.15, -0.1) is 0 Å². The van der Waals surface area contributed by atoms with Crippen LogP contribution in [0.15, 0.2) is 16.5 Å². The first-order valence-corrected chi connectivity index (χ1v) is 6.83. The first kappa shape index (κ1) is 16.0. The Labute approximate surface area is 127 Å². The molecular weight excluding hydrogens is 288 g/mol. The van der Waals surface area contributed by atoms with Crippen molar-refractivity contribution in [1.29, 1.82) is 0 Å². The number of fused-ring (bicyclic) bond motifs is 1. The van der Waals surface area contributed by atoms with Gasteiger partial charge in [-0.05, 0) is 26.0 Å². The van der Waals surface area contributed by atoms with Crippen LogP contribution in [0.5, 0.6) is 0 Å². The number of esters is 2. The van der Waals surface area contributed by atoms with Gasteiger partial charge in [0.05, 0.1) is 32.0 Å². The Balaban J connectivity index is 2.80. The van der Waals surface area contributed by atoms with E-state index in [9.17, 15) is 9.59 Å².